The summed E-state index contributed by atoms with van der Waals surface area (Å²) in [6.07, 6.45) is -2.28. The van der Waals surface area contributed by atoms with Crippen LogP contribution in [-0.4, -0.2) is 36.8 Å². The van der Waals surface area contributed by atoms with Gasteiger partial charge in [-0.15, -0.1) is 0 Å². The smallest absolute Gasteiger partial charge is 0.329 e. The first-order chi connectivity index (χ1) is 6.44. The van der Waals surface area contributed by atoms with Gasteiger partial charge in [-0.25, -0.2) is 0 Å². The Labute approximate surface area is 82.2 Å². The molecule has 1 aliphatic heterocycles. The zero-order valence-electron chi connectivity index (χ0n) is 8.35. The molecule has 1 rings (SSSR count). The molecule has 0 amide bonds. The topological polar surface area (TPSA) is 29.3 Å². The van der Waals surface area contributed by atoms with Crippen LogP contribution in [0.25, 0.3) is 0 Å². The highest BCUT2D eigenvalue weighted by Gasteiger charge is 2.36. The third-order valence-corrected chi connectivity index (χ3v) is 2.85. The van der Waals surface area contributed by atoms with Gasteiger partial charge in [-0.1, -0.05) is 6.92 Å². The number of halogens is 3. The van der Waals surface area contributed by atoms with Crippen LogP contribution in [0.3, 0.4) is 0 Å². The normalized spacial score (nSPS) is 30.6. The Bertz CT molecular complexity index is 181. The van der Waals surface area contributed by atoms with Crippen molar-refractivity contribution >= 4 is 0 Å². The highest BCUT2D eigenvalue weighted by atomic mass is 19.4. The number of nitrogens with two attached hydrogens (primary N) is 1. The molecule has 0 radical (unpaired) electrons. The van der Waals surface area contributed by atoms with Crippen molar-refractivity contribution in [1.82, 2.24) is 4.90 Å². The molecule has 1 aliphatic rings. The summed E-state index contributed by atoms with van der Waals surface area (Å²) < 4.78 is 36.6. The van der Waals surface area contributed by atoms with E-state index in [-0.39, 0.29) is 12.0 Å². The maximum absolute atomic E-state index is 12.2. The Hall–Kier alpha value is -0.290. The second-order valence-corrected chi connectivity index (χ2v) is 4.01. The minimum atomic E-state index is -4.11. The van der Waals surface area contributed by atoms with Gasteiger partial charge in [-0.05, 0) is 25.3 Å². The van der Waals surface area contributed by atoms with Gasteiger partial charge in [0, 0.05) is 12.6 Å². The molecule has 0 aromatic carbocycles. The molecule has 0 aromatic heterocycles. The molecule has 1 fully saturated rings. The van der Waals surface area contributed by atoms with E-state index in [0.717, 1.165) is 12.8 Å². The second-order valence-electron chi connectivity index (χ2n) is 4.01. The van der Waals surface area contributed by atoms with E-state index in [0.29, 0.717) is 13.1 Å². The van der Waals surface area contributed by atoms with Crippen LogP contribution in [0.5, 0.6) is 0 Å². The van der Waals surface area contributed by atoms with Crippen molar-refractivity contribution in [3.05, 3.63) is 0 Å². The van der Waals surface area contributed by atoms with Crippen molar-refractivity contribution in [2.24, 2.45) is 11.7 Å². The van der Waals surface area contributed by atoms with Crippen molar-refractivity contribution in [2.75, 3.05) is 19.6 Å². The molecule has 5 heteroatoms. The van der Waals surface area contributed by atoms with Crippen molar-refractivity contribution in [3.8, 4) is 0 Å². The van der Waals surface area contributed by atoms with Crippen LogP contribution in [0.2, 0.25) is 0 Å². The molecule has 0 saturated carbocycles. The molecule has 0 spiro atoms. The summed E-state index contributed by atoms with van der Waals surface area (Å²) in [4.78, 5) is 1.47. The van der Waals surface area contributed by atoms with E-state index < -0.39 is 12.7 Å². The highest BCUT2D eigenvalue weighted by Crippen LogP contribution is 2.26. The minimum Gasteiger partial charge on any atom is -0.329 e. The van der Waals surface area contributed by atoms with Crippen molar-refractivity contribution in [1.29, 1.82) is 0 Å². The van der Waals surface area contributed by atoms with Gasteiger partial charge >= 0.3 is 6.18 Å². The van der Waals surface area contributed by atoms with Crippen molar-refractivity contribution in [3.63, 3.8) is 0 Å². The second kappa shape index (κ2) is 4.49. The lowest BCUT2D eigenvalue weighted by atomic mass is 9.91. The first kappa shape index (κ1) is 11.8. The molecule has 1 saturated heterocycles. The molecular weight excluding hydrogens is 193 g/mol. The van der Waals surface area contributed by atoms with Gasteiger partial charge in [-0.2, -0.15) is 13.2 Å². The fraction of sp³-hybridized carbons (Fsp3) is 1.00. The van der Waals surface area contributed by atoms with Crippen LogP contribution in [-0.2, 0) is 0 Å². The predicted octanol–water partition coefficient (Wildman–Crippen LogP) is 1.61. The van der Waals surface area contributed by atoms with Crippen LogP contribution >= 0.6 is 0 Å². The predicted molar refractivity (Wildman–Crippen MR) is 48.9 cm³/mol. The van der Waals surface area contributed by atoms with Gasteiger partial charge < -0.3 is 5.73 Å². The standard InChI is InChI=1S/C9H17F3N2/c1-7-3-2-4-14(8(7)5-13)6-9(10,11)12/h7-8H,2-6,13H2,1H3. The zero-order valence-corrected chi connectivity index (χ0v) is 8.35. The lowest BCUT2D eigenvalue weighted by molar-refractivity contribution is -0.155. The SMILES string of the molecule is CC1CCCN(CC(F)(F)F)C1CN. The van der Waals surface area contributed by atoms with Crippen LogP contribution in [0.4, 0.5) is 13.2 Å². The molecule has 2 atom stereocenters. The number of rotatable bonds is 2. The van der Waals surface area contributed by atoms with Gasteiger partial charge in [0.2, 0.25) is 0 Å². The van der Waals surface area contributed by atoms with Crippen LogP contribution < -0.4 is 5.73 Å². The Kier molecular flexibility index (Phi) is 3.78. The quantitative estimate of drug-likeness (QED) is 0.750. The molecule has 2 nitrogen and oxygen atoms in total. The third kappa shape index (κ3) is 3.13. The Morgan fingerprint density at radius 1 is 1.43 bits per heavy atom. The fourth-order valence-electron chi connectivity index (χ4n) is 2.14. The third-order valence-electron chi connectivity index (χ3n) is 2.85. The molecule has 1 heterocycles. The van der Waals surface area contributed by atoms with E-state index in [1.807, 2.05) is 6.92 Å². The maximum atomic E-state index is 12.2. The molecule has 2 unspecified atom stereocenters. The number of hydrogen-bond acceptors (Lipinski definition) is 2. The van der Waals surface area contributed by atoms with E-state index >= 15 is 0 Å². The Morgan fingerprint density at radius 2 is 2.07 bits per heavy atom. The maximum Gasteiger partial charge on any atom is 0.401 e. The van der Waals surface area contributed by atoms with E-state index in [1.54, 1.807) is 0 Å². The van der Waals surface area contributed by atoms with E-state index in [9.17, 15) is 13.2 Å². The summed E-state index contributed by atoms with van der Waals surface area (Å²) in [5.74, 6) is 0.274. The largest absolute Gasteiger partial charge is 0.401 e. The number of likely N-dealkylation sites (tertiary alicyclic amines) is 1. The summed E-state index contributed by atoms with van der Waals surface area (Å²) >= 11 is 0. The van der Waals surface area contributed by atoms with Crippen LogP contribution in [0.15, 0.2) is 0 Å². The van der Waals surface area contributed by atoms with Crippen molar-refractivity contribution in [2.45, 2.75) is 32.0 Å². The van der Waals surface area contributed by atoms with E-state index in [4.69, 9.17) is 5.73 Å². The van der Waals surface area contributed by atoms with Gasteiger partial charge in [0.1, 0.15) is 0 Å². The van der Waals surface area contributed by atoms with Crippen molar-refractivity contribution < 1.29 is 13.2 Å². The molecule has 84 valence electrons. The first-order valence-corrected chi connectivity index (χ1v) is 4.95. The molecular formula is C9H17F3N2. The lowest BCUT2D eigenvalue weighted by Crippen LogP contribution is -2.51. The van der Waals surface area contributed by atoms with Gasteiger partial charge in [-0.3, -0.25) is 4.90 Å². The molecule has 2 N–H and O–H groups in total. The monoisotopic (exact) mass is 210 g/mol. The average molecular weight is 210 g/mol. The van der Waals surface area contributed by atoms with E-state index in [1.165, 1.54) is 4.90 Å². The van der Waals surface area contributed by atoms with Gasteiger partial charge in [0.05, 0.1) is 6.54 Å². The van der Waals surface area contributed by atoms with E-state index in [2.05, 4.69) is 0 Å². The summed E-state index contributed by atoms with van der Waals surface area (Å²) in [6, 6.07) is -0.106. The summed E-state index contributed by atoms with van der Waals surface area (Å²) in [7, 11) is 0. The summed E-state index contributed by atoms with van der Waals surface area (Å²) in [5, 5.41) is 0. The van der Waals surface area contributed by atoms with Crippen LogP contribution in [0.1, 0.15) is 19.8 Å². The number of piperidine rings is 1. The zero-order chi connectivity index (χ0) is 10.8. The Balaban J connectivity index is 2.56. The molecule has 0 bridgehead atoms. The molecule has 0 aromatic rings. The summed E-state index contributed by atoms with van der Waals surface area (Å²) in [6.45, 7) is 1.99. The Morgan fingerprint density at radius 3 is 2.57 bits per heavy atom. The summed E-state index contributed by atoms with van der Waals surface area (Å²) in [5.41, 5.74) is 5.49. The molecule has 14 heavy (non-hydrogen) atoms. The lowest BCUT2D eigenvalue weighted by Gasteiger charge is -2.39. The van der Waals surface area contributed by atoms with Gasteiger partial charge in [0.25, 0.3) is 0 Å². The number of nitrogens with zero attached hydrogens (tertiary/aromatic N) is 1. The minimum absolute atomic E-state index is 0.106. The van der Waals surface area contributed by atoms with Gasteiger partial charge in [0.15, 0.2) is 0 Å². The fourth-order valence-corrected chi connectivity index (χ4v) is 2.14. The number of hydrogen-bond donors (Lipinski definition) is 1. The highest BCUT2D eigenvalue weighted by molar-refractivity contribution is 4.83. The number of alkyl halides is 3. The van der Waals surface area contributed by atoms with Crippen LogP contribution in [0, 0.1) is 5.92 Å². The average Bonchev–Trinajstić information content (AvgIpc) is 2.01. The molecule has 0 aliphatic carbocycles. The first-order valence-electron chi connectivity index (χ1n) is 4.95.